The maximum Gasteiger partial charge on any atom is 0.337 e. The van der Waals surface area contributed by atoms with Crippen molar-refractivity contribution in [1.82, 2.24) is 0 Å². The zero-order chi connectivity index (χ0) is 20.8. The smallest absolute Gasteiger partial charge is 0.337 e. The number of anilines is 1. The molecule has 5 heteroatoms. The average molecular weight is 387 g/mol. The molecule has 0 spiro atoms. The third-order valence-corrected chi connectivity index (χ3v) is 4.58. The molecule has 0 bridgehead atoms. The van der Waals surface area contributed by atoms with Crippen molar-refractivity contribution in [3.05, 3.63) is 107 Å². The largest absolute Gasteiger partial charge is 0.465 e. The Kier molecular flexibility index (Phi) is 6.22. The van der Waals surface area contributed by atoms with Gasteiger partial charge in [0.1, 0.15) is 0 Å². The molecule has 2 N–H and O–H groups in total. The molecule has 0 aliphatic carbocycles. The molecule has 146 valence electrons. The van der Waals surface area contributed by atoms with Gasteiger partial charge in [-0.2, -0.15) is 0 Å². The van der Waals surface area contributed by atoms with Gasteiger partial charge in [0.2, 0.25) is 0 Å². The molecule has 0 atom stereocenters. The van der Waals surface area contributed by atoms with Gasteiger partial charge in [-0.05, 0) is 52.6 Å². The predicted molar refractivity (Wildman–Crippen MR) is 113 cm³/mol. The molecule has 0 aliphatic heterocycles. The van der Waals surface area contributed by atoms with Crippen LogP contribution in [-0.4, -0.2) is 24.1 Å². The fourth-order valence-corrected chi connectivity index (χ4v) is 2.92. The monoisotopic (exact) mass is 387 g/mol. The highest BCUT2D eigenvalue weighted by molar-refractivity contribution is 6.05. The molecule has 0 saturated heterocycles. The molecule has 0 unspecified atom stereocenters. The van der Waals surface area contributed by atoms with Gasteiger partial charge in [-0.25, -0.2) is 4.79 Å². The quantitative estimate of drug-likeness (QED) is 0.619. The summed E-state index contributed by atoms with van der Waals surface area (Å²) in [5, 5.41) is 12.2. The summed E-state index contributed by atoms with van der Waals surface area (Å²) in [6.45, 7) is 3.92. The van der Waals surface area contributed by atoms with Crippen LogP contribution in [0.2, 0.25) is 0 Å². The number of aliphatic hydroxyl groups is 1. The zero-order valence-electron chi connectivity index (χ0n) is 16.0. The number of esters is 1. The Balaban J connectivity index is 1.72. The Morgan fingerprint density at radius 1 is 0.897 bits per heavy atom. The Morgan fingerprint density at radius 3 is 2.03 bits per heavy atom. The Labute approximate surface area is 169 Å². The maximum absolute atomic E-state index is 12.5. The van der Waals surface area contributed by atoms with E-state index >= 15 is 0 Å². The molecule has 0 heterocycles. The molecule has 1 amide bonds. The molecule has 0 aliphatic rings. The van der Waals surface area contributed by atoms with Crippen LogP contribution in [-0.2, 0) is 11.3 Å². The summed E-state index contributed by atoms with van der Waals surface area (Å²) >= 11 is 0. The number of hydrogen-bond acceptors (Lipinski definition) is 4. The molecule has 0 radical (unpaired) electrons. The highest BCUT2D eigenvalue weighted by Crippen LogP contribution is 2.24. The molecule has 3 aromatic rings. The lowest BCUT2D eigenvalue weighted by Gasteiger charge is -2.11. The Hall–Kier alpha value is -3.70. The minimum Gasteiger partial charge on any atom is -0.465 e. The molecule has 29 heavy (non-hydrogen) atoms. The number of methoxy groups -OCH3 is 1. The van der Waals surface area contributed by atoms with Gasteiger partial charge in [-0.3, -0.25) is 4.79 Å². The van der Waals surface area contributed by atoms with Gasteiger partial charge in [0.15, 0.2) is 0 Å². The van der Waals surface area contributed by atoms with Crippen LogP contribution in [0.25, 0.3) is 5.57 Å². The lowest BCUT2D eigenvalue weighted by atomic mass is 9.98. The Bertz CT molecular complexity index is 1040. The second-order valence-electron chi connectivity index (χ2n) is 6.39. The first kappa shape index (κ1) is 20.0. The van der Waals surface area contributed by atoms with Crippen LogP contribution < -0.4 is 5.32 Å². The summed E-state index contributed by atoms with van der Waals surface area (Å²) in [6.07, 6.45) is 0. The third-order valence-electron chi connectivity index (χ3n) is 4.58. The van der Waals surface area contributed by atoms with Crippen LogP contribution in [0, 0.1) is 0 Å². The van der Waals surface area contributed by atoms with Crippen LogP contribution in [0.1, 0.15) is 37.4 Å². The van der Waals surface area contributed by atoms with Gasteiger partial charge in [0, 0.05) is 11.3 Å². The van der Waals surface area contributed by atoms with Crippen LogP contribution >= 0.6 is 0 Å². The molecule has 3 rings (SSSR count). The molecule has 0 aromatic heterocycles. The topological polar surface area (TPSA) is 75.6 Å². The van der Waals surface area contributed by atoms with E-state index in [9.17, 15) is 14.7 Å². The van der Waals surface area contributed by atoms with Gasteiger partial charge in [0.25, 0.3) is 5.91 Å². The number of carbonyl (C=O) groups excluding carboxylic acids is 2. The van der Waals surface area contributed by atoms with Crippen molar-refractivity contribution in [2.75, 3.05) is 12.4 Å². The molecule has 0 saturated carbocycles. The van der Waals surface area contributed by atoms with Gasteiger partial charge in [0.05, 0.1) is 19.3 Å². The molecule has 0 fully saturated rings. The predicted octanol–water partition coefficient (Wildman–Crippen LogP) is 4.28. The molecular formula is C24H21NO4. The maximum atomic E-state index is 12.5. The van der Waals surface area contributed by atoms with Crippen molar-refractivity contribution in [3.63, 3.8) is 0 Å². The van der Waals surface area contributed by atoms with Crippen molar-refractivity contribution >= 4 is 23.1 Å². The van der Waals surface area contributed by atoms with Crippen LogP contribution in [0.4, 0.5) is 5.69 Å². The molecular weight excluding hydrogens is 366 g/mol. The van der Waals surface area contributed by atoms with Crippen molar-refractivity contribution in [2.45, 2.75) is 6.61 Å². The van der Waals surface area contributed by atoms with E-state index in [0.717, 1.165) is 16.7 Å². The summed E-state index contributed by atoms with van der Waals surface area (Å²) < 4.78 is 4.70. The van der Waals surface area contributed by atoms with E-state index in [1.807, 2.05) is 24.3 Å². The summed E-state index contributed by atoms with van der Waals surface area (Å²) in [7, 11) is 1.35. The highest BCUT2D eigenvalue weighted by atomic mass is 16.5. The fourth-order valence-electron chi connectivity index (χ4n) is 2.92. The fraction of sp³-hybridized carbons (Fsp3) is 0.0833. The first-order valence-electron chi connectivity index (χ1n) is 9.01. The van der Waals surface area contributed by atoms with Gasteiger partial charge >= 0.3 is 5.97 Å². The molecule has 5 nitrogen and oxygen atoms in total. The van der Waals surface area contributed by atoms with Crippen molar-refractivity contribution in [1.29, 1.82) is 0 Å². The Morgan fingerprint density at radius 2 is 1.45 bits per heavy atom. The van der Waals surface area contributed by atoms with E-state index in [-0.39, 0.29) is 18.5 Å². The first-order chi connectivity index (χ1) is 14.0. The van der Waals surface area contributed by atoms with Gasteiger partial charge in [-0.15, -0.1) is 0 Å². The third kappa shape index (κ3) is 4.59. The van der Waals surface area contributed by atoms with E-state index in [1.54, 1.807) is 48.5 Å². The molecule has 3 aromatic carbocycles. The van der Waals surface area contributed by atoms with Crippen molar-refractivity contribution in [2.24, 2.45) is 0 Å². The SMILES string of the molecule is C=C(c1ccc(NC(=O)c2ccccc2CO)cc1)c1ccc(C(=O)OC)cc1. The minimum absolute atomic E-state index is 0.197. The summed E-state index contributed by atoms with van der Waals surface area (Å²) in [4.78, 5) is 24.0. The minimum atomic E-state index is -0.384. The zero-order valence-corrected chi connectivity index (χ0v) is 16.0. The number of benzene rings is 3. The van der Waals surface area contributed by atoms with E-state index in [0.29, 0.717) is 22.4 Å². The number of rotatable bonds is 6. The van der Waals surface area contributed by atoms with E-state index in [4.69, 9.17) is 4.74 Å². The normalized spacial score (nSPS) is 10.3. The summed E-state index contributed by atoms with van der Waals surface area (Å²) in [5.41, 5.74) is 4.70. The summed E-state index contributed by atoms with van der Waals surface area (Å²) in [6, 6.07) is 21.3. The number of ether oxygens (including phenoxy) is 1. The van der Waals surface area contributed by atoms with Crippen LogP contribution in [0.5, 0.6) is 0 Å². The first-order valence-corrected chi connectivity index (χ1v) is 9.01. The van der Waals surface area contributed by atoms with Crippen molar-refractivity contribution < 1.29 is 19.4 Å². The second kappa shape index (κ2) is 8.99. The van der Waals surface area contributed by atoms with E-state index in [2.05, 4.69) is 11.9 Å². The van der Waals surface area contributed by atoms with E-state index in [1.165, 1.54) is 7.11 Å². The number of hydrogen-bond donors (Lipinski definition) is 2. The standard InChI is InChI=1S/C24H21NO4/c1-16(17-7-9-19(10-8-17)24(28)29-2)18-11-13-21(14-12-18)25-23(27)22-6-4-3-5-20(22)15-26/h3-14,26H,1,15H2,2H3,(H,25,27). The second-order valence-corrected chi connectivity index (χ2v) is 6.39. The number of aliphatic hydroxyl groups excluding tert-OH is 1. The number of carbonyl (C=O) groups is 2. The number of amides is 1. The van der Waals surface area contributed by atoms with Crippen molar-refractivity contribution in [3.8, 4) is 0 Å². The lowest BCUT2D eigenvalue weighted by Crippen LogP contribution is -2.14. The van der Waals surface area contributed by atoms with E-state index < -0.39 is 0 Å². The van der Waals surface area contributed by atoms with Gasteiger partial charge in [-0.1, -0.05) is 49.0 Å². The highest BCUT2D eigenvalue weighted by Gasteiger charge is 2.11. The van der Waals surface area contributed by atoms with Crippen LogP contribution in [0.3, 0.4) is 0 Å². The van der Waals surface area contributed by atoms with Gasteiger partial charge < -0.3 is 15.2 Å². The summed E-state index contributed by atoms with van der Waals surface area (Å²) in [5.74, 6) is -0.662. The number of nitrogens with one attached hydrogen (secondary N) is 1. The van der Waals surface area contributed by atoms with Crippen LogP contribution in [0.15, 0.2) is 79.4 Å². The average Bonchev–Trinajstić information content (AvgIpc) is 2.78. The lowest BCUT2D eigenvalue weighted by molar-refractivity contribution is 0.0600.